The molecule has 0 radical (unpaired) electrons. The normalized spacial score (nSPS) is 22.3. The molecule has 2 aromatic rings. The van der Waals surface area contributed by atoms with Gasteiger partial charge in [0.2, 0.25) is 0 Å². The Hall–Kier alpha value is -2.34. The van der Waals surface area contributed by atoms with Gasteiger partial charge in [-0.25, -0.2) is 8.42 Å². The highest BCUT2D eigenvalue weighted by molar-refractivity contribution is 7.90. The summed E-state index contributed by atoms with van der Waals surface area (Å²) < 4.78 is 32.7. The number of nitrogens with zero attached hydrogens (tertiary/aromatic N) is 1. The van der Waals surface area contributed by atoms with E-state index in [1.165, 1.54) is 5.56 Å². The topological polar surface area (TPSA) is 67.8 Å². The van der Waals surface area contributed by atoms with E-state index in [4.69, 9.17) is 4.74 Å². The zero-order chi connectivity index (χ0) is 16.2. The van der Waals surface area contributed by atoms with Gasteiger partial charge in [0.15, 0.2) is 0 Å². The van der Waals surface area contributed by atoms with E-state index >= 15 is 0 Å². The van der Waals surface area contributed by atoms with Gasteiger partial charge in [0.25, 0.3) is 10.0 Å². The number of rotatable bonds is 1. The van der Waals surface area contributed by atoms with E-state index in [2.05, 4.69) is 9.71 Å². The molecule has 6 heteroatoms. The smallest absolute Gasteiger partial charge is 0.263 e. The van der Waals surface area contributed by atoms with E-state index in [1.807, 2.05) is 32.0 Å². The fourth-order valence-electron chi connectivity index (χ4n) is 3.01. The SMILES string of the molecule is Cc1ccc2c(c1C)OC[C@@H]2N=C1NS(=O)(=O)c2ccccc21. The lowest BCUT2D eigenvalue weighted by molar-refractivity contribution is 0.332. The molecule has 0 spiro atoms. The van der Waals surface area contributed by atoms with E-state index in [9.17, 15) is 8.42 Å². The molecule has 0 aromatic heterocycles. The van der Waals surface area contributed by atoms with Crippen LogP contribution in [-0.2, 0) is 10.0 Å². The zero-order valence-corrected chi connectivity index (χ0v) is 13.6. The highest BCUT2D eigenvalue weighted by Crippen LogP contribution is 2.39. The van der Waals surface area contributed by atoms with E-state index in [0.29, 0.717) is 18.0 Å². The van der Waals surface area contributed by atoms with Crippen molar-refractivity contribution in [1.82, 2.24) is 4.72 Å². The number of hydrogen-bond donors (Lipinski definition) is 1. The molecule has 0 aliphatic carbocycles. The van der Waals surface area contributed by atoms with E-state index in [1.54, 1.807) is 18.2 Å². The molecule has 2 heterocycles. The third kappa shape index (κ3) is 2.13. The van der Waals surface area contributed by atoms with Crippen LogP contribution in [0.1, 0.15) is 28.3 Å². The molecule has 2 aliphatic rings. The van der Waals surface area contributed by atoms with Gasteiger partial charge in [-0.1, -0.05) is 24.3 Å². The Bertz CT molecular complexity index is 948. The summed E-state index contributed by atoms with van der Waals surface area (Å²) in [6, 6.07) is 10.7. The minimum Gasteiger partial charge on any atom is -0.490 e. The average Bonchev–Trinajstić information content (AvgIpc) is 3.04. The predicted octanol–water partition coefficient (Wildman–Crippen LogP) is 2.48. The van der Waals surface area contributed by atoms with Crippen molar-refractivity contribution in [2.75, 3.05) is 6.61 Å². The van der Waals surface area contributed by atoms with Crippen LogP contribution in [0.25, 0.3) is 0 Å². The lowest BCUT2D eigenvalue weighted by atomic mass is 10.0. The molecule has 23 heavy (non-hydrogen) atoms. The molecule has 1 N–H and O–H groups in total. The second kappa shape index (κ2) is 4.83. The van der Waals surface area contributed by atoms with Gasteiger partial charge < -0.3 is 4.74 Å². The van der Waals surface area contributed by atoms with Gasteiger partial charge in [-0.05, 0) is 37.1 Å². The van der Waals surface area contributed by atoms with Crippen molar-refractivity contribution < 1.29 is 13.2 Å². The van der Waals surface area contributed by atoms with Gasteiger partial charge in [-0.2, -0.15) is 0 Å². The molecule has 2 aliphatic heterocycles. The molecule has 1 atom stereocenters. The van der Waals surface area contributed by atoms with Crippen LogP contribution in [0.5, 0.6) is 5.75 Å². The van der Waals surface area contributed by atoms with Crippen molar-refractivity contribution in [3.8, 4) is 5.75 Å². The molecule has 0 fully saturated rings. The number of aliphatic imine (C=N–C) groups is 1. The van der Waals surface area contributed by atoms with Crippen LogP contribution in [0.4, 0.5) is 0 Å². The van der Waals surface area contributed by atoms with Crippen molar-refractivity contribution in [3.63, 3.8) is 0 Å². The summed E-state index contributed by atoms with van der Waals surface area (Å²) >= 11 is 0. The molecule has 0 saturated carbocycles. The van der Waals surface area contributed by atoms with Crippen LogP contribution in [0.15, 0.2) is 46.3 Å². The lowest BCUT2D eigenvalue weighted by Gasteiger charge is -2.07. The van der Waals surface area contributed by atoms with Crippen LogP contribution < -0.4 is 9.46 Å². The molecule has 0 bridgehead atoms. The quantitative estimate of drug-likeness (QED) is 0.874. The van der Waals surface area contributed by atoms with E-state index in [0.717, 1.165) is 16.9 Å². The first-order valence-electron chi connectivity index (χ1n) is 7.40. The second-order valence-corrected chi connectivity index (χ2v) is 7.48. The molecule has 4 rings (SSSR count). The van der Waals surface area contributed by atoms with Crippen LogP contribution >= 0.6 is 0 Å². The van der Waals surface area contributed by atoms with E-state index in [-0.39, 0.29) is 10.9 Å². The number of sulfonamides is 1. The van der Waals surface area contributed by atoms with Crippen molar-refractivity contribution in [3.05, 3.63) is 58.7 Å². The summed E-state index contributed by atoms with van der Waals surface area (Å²) in [5.41, 5.74) is 3.90. The van der Waals surface area contributed by atoms with Gasteiger partial charge in [-0.15, -0.1) is 0 Å². The van der Waals surface area contributed by atoms with Crippen LogP contribution in [0, 0.1) is 13.8 Å². The number of fused-ring (bicyclic) bond motifs is 2. The van der Waals surface area contributed by atoms with Gasteiger partial charge in [0, 0.05) is 11.1 Å². The van der Waals surface area contributed by atoms with Crippen LogP contribution in [-0.4, -0.2) is 20.9 Å². The van der Waals surface area contributed by atoms with Gasteiger partial charge in [-0.3, -0.25) is 9.71 Å². The first-order chi connectivity index (χ1) is 11.0. The number of nitrogens with one attached hydrogen (secondary N) is 1. The molecule has 0 unspecified atom stereocenters. The van der Waals surface area contributed by atoms with Crippen molar-refractivity contribution in [1.29, 1.82) is 0 Å². The van der Waals surface area contributed by atoms with Gasteiger partial charge in [0.1, 0.15) is 24.2 Å². The molecular formula is C17H16N2O3S. The van der Waals surface area contributed by atoms with Crippen LogP contribution in [0.3, 0.4) is 0 Å². The molecule has 118 valence electrons. The first-order valence-corrected chi connectivity index (χ1v) is 8.88. The molecular weight excluding hydrogens is 312 g/mol. The summed E-state index contributed by atoms with van der Waals surface area (Å²) in [4.78, 5) is 4.90. The minimum absolute atomic E-state index is 0.201. The molecule has 0 saturated heterocycles. The fraction of sp³-hybridized carbons (Fsp3) is 0.235. The van der Waals surface area contributed by atoms with Crippen molar-refractivity contribution in [2.24, 2.45) is 4.99 Å². The Labute approximate surface area is 135 Å². The number of aryl methyl sites for hydroxylation is 1. The largest absolute Gasteiger partial charge is 0.490 e. The predicted molar refractivity (Wildman–Crippen MR) is 87.5 cm³/mol. The number of benzene rings is 2. The molecule has 2 aromatic carbocycles. The Morgan fingerprint density at radius 2 is 1.96 bits per heavy atom. The molecule has 5 nitrogen and oxygen atoms in total. The standard InChI is InChI=1S/C17H16N2O3S/c1-10-7-8-12-14(9-22-16(12)11(10)2)18-17-13-5-3-4-6-15(13)23(20,21)19-17/h3-8,14H,9H2,1-2H3,(H,18,19)/t14-/m0/s1. The average molecular weight is 328 g/mol. The summed E-state index contributed by atoms with van der Waals surface area (Å²) in [5.74, 6) is 1.26. The maximum Gasteiger partial charge on any atom is 0.263 e. The van der Waals surface area contributed by atoms with Crippen LogP contribution in [0.2, 0.25) is 0 Å². The van der Waals surface area contributed by atoms with Crippen molar-refractivity contribution in [2.45, 2.75) is 24.8 Å². The second-order valence-electron chi connectivity index (χ2n) is 5.83. The number of amidine groups is 1. The van der Waals surface area contributed by atoms with Gasteiger partial charge in [0.05, 0.1) is 4.90 Å². The maximum absolute atomic E-state index is 12.2. The summed E-state index contributed by atoms with van der Waals surface area (Å²) in [5, 5.41) is 0. The summed E-state index contributed by atoms with van der Waals surface area (Å²) in [6.45, 7) is 4.49. The van der Waals surface area contributed by atoms with Gasteiger partial charge >= 0.3 is 0 Å². The monoisotopic (exact) mass is 328 g/mol. The first kappa shape index (κ1) is 14.3. The Morgan fingerprint density at radius 1 is 1.17 bits per heavy atom. The summed E-state index contributed by atoms with van der Waals surface area (Å²) in [6.07, 6.45) is 0. The lowest BCUT2D eigenvalue weighted by Crippen LogP contribution is -2.23. The fourth-order valence-corrected chi connectivity index (χ4v) is 4.25. The maximum atomic E-state index is 12.2. The minimum atomic E-state index is -3.51. The van der Waals surface area contributed by atoms with Crippen molar-refractivity contribution >= 4 is 15.9 Å². The third-order valence-electron chi connectivity index (χ3n) is 4.40. The Morgan fingerprint density at radius 3 is 2.78 bits per heavy atom. The van der Waals surface area contributed by atoms with E-state index < -0.39 is 10.0 Å². The Balaban J connectivity index is 1.79. The zero-order valence-electron chi connectivity index (χ0n) is 12.8. The molecule has 0 amide bonds. The third-order valence-corrected chi connectivity index (χ3v) is 5.80. The highest BCUT2D eigenvalue weighted by atomic mass is 32.2. The summed E-state index contributed by atoms with van der Waals surface area (Å²) in [7, 11) is -3.51. The number of hydrogen-bond acceptors (Lipinski definition) is 4. The Kier molecular flexibility index (Phi) is 2.99. The number of ether oxygens (including phenoxy) is 1. The highest BCUT2D eigenvalue weighted by Gasteiger charge is 2.33.